The Labute approximate surface area is 107 Å². The van der Waals surface area contributed by atoms with Crippen molar-refractivity contribution in [2.45, 2.75) is 33.2 Å². The number of amides is 1. The summed E-state index contributed by atoms with van der Waals surface area (Å²) in [6.07, 6.45) is 0.276. The van der Waals surface area contributed by atoms with Gasteiger partial charge in [0.25, 0.3) is 0 Å². The Hall–Kier alpha value is -1.84. The maximum atomic E-state index is 11.8. The highest BCUT2D eigenvalue weighted by Gasteiger charge is 2.20. The number of carboxylic acid groups (broad SMARTS) is 1. The molecule has 0 aliphatic rings. The second kappa shape index (κ2) is 6.19. The van der Waals surface area contributed by atoms with Gasteiger partial charge in [-0.25, -0.2) is 0 Å². The number of carbonyl (C=O) groups is 2. The molecule has 0 radical (unpaired) electrons. The number of aryl methyl sites for hydroxylation is 1. The summed E-state index contributed by atoms with van der Waals surface area (Å²) in [6, 6.07) is 7.33. The standard InChI is InChI=1S/C14H19NO3/c1-9-5-4-6-12(7-9)8-13(16)15-11(3)10(2)14(17)18/h4-7,10-11H,8H2,1-3H3,(H,15,16)(H,17,18). The number of carboxylic acids is 1. The lowest BCUT2D eigenvalue weighted by molar-refractivity contribution is -0.142. The van der Waals surface area contributed by atoms with Crippen LogP contribution in [0.5, 0.6) is 0 Å². The molecule has 0 spiro atoms. The fourth-order valence-corrected chi connectivity index (χ4v) is 1.65. The minimum Gasteiger partial charge on any atom is -0.481 e. The van der Waals surface area contributed by atoms with Gasteiger partial charge in [0.2, 0.25) is 5.91 Å². The molecular formula is C14H19NO3. The van der Waals surface area contributed by atoms with E-state index in [0.29, 0.717) is 0 Å². The first kappa shape index (κ1) is 14.2. The molecule has 0 fully saturated rings. The van der Waals surface area contributed by atoms with Crippen LogP contribution in [0.25, 0.3) is 0 Å². The van der Waals surface area contributed by atoms with Crippen molar-refractivity contribution >= 4 is 11.9 Å². The Bertz CT molecular complexity index is 442. The molecule has 1 amide bonds. The summed E-state index contributed by atoms with van der Waals surface area (Å²) < 4.78 is 0. The van der Waals surface area contributed by atoms with Crippen LogP contribution in [-0.4, -0.2) is 23.0 Å². The first-order valence-electron chi connectivity index (χ1n) is 5.98. The van der Waals surface area contributed by atoms with E-state index in [2.05, 4.69) is 5.32 Å². The van der Waals surface area contributed by atoms with Crippen LogP contribution in [0.3, 0.4) is 0 Å². The maximum Gasteiger partial charge on any atom is 0.308 e. The summed E-state index contributed by atoms with van der Waals surface area (Å²) >= 11 is 0. The van der Waals surface area contributed by atoms with Gasteiger partial charge >= 0.3 is 5.97 Å². The smallest absolute Gasteiger partial charge is 0.308 e. The number of benzene rings is 1. The lowest BCUT2D eigenvalue weighted by Crippen LogP contribution is -2.40. The Morgan fingerprint density at radius 3 is 2.56 bits per heavy atom. The van der Waals surface area contributed by atoms with Crippen molar-refractivity contribution in [2.24, 2.45) is 5.92 Å². The third-order valence-corrected chi connectivity index (χ3v) is 2.98. The minimum atomic E-state index is -0.904. The molecule has 1 aromatic rings. The predicted octanol–water partition coefficient (Wildman–Crippen LogP) is 1.76. The van der Waals surface area contributed by atoms with Gasteiger partial charge in [-0.1, -0.05) is 29.8 Å². The molecular weight excluding hydrogens is 230 g/mol. The van der Waals surface area contributed by atoms with Crippen molar-refractivity contribution in [3.05, 3.63) is 35.4 Å². The Balaban J connectivity index is 2.54. The van der Waals surface area contributed by atoms with E-state index in [1.165, 1.54) is 0 Å². The summed E-state index contributed by atoms with van der Waals surface area (Å²) in [7, 11) is 0. The molecule has 0 saturated carbocycles. The van der Waals surface area contributed by atoms with Crippen LogP contribution in [0.4, 0.5) is 0 Å². The van der Waals surface area contributed by atoms with Crippen LogP contribution in [0.2, 0.25) is 0 Å². The van der Waals surface area contributed by atoms with E-state index in [9.17, 15) is 9.59 Å². The van der Waals surface area contributed by atoms with E-state index in [1.807, 2.05) is 31.2 Å². The molecule has 1 aromatic carbocycles. The van der Waals surface area contributed by atoms with E-state index in [1.54, 1.807) is 13.8 Å². The first-order valence-corrected chi connectivity index (χ1v) is 5.98. The summed E-state index contributed by atoms with van der Waals surface area (Å²) in [5.74, 6) is -1.65. The van der Waals surface area contributed by atoms with E-state index < -0.39 is 11.9 Å². The normalized spacial score (nSPS) is 13.7. The van der Waals surface area contributed by atoms with Crippen LogP contribution >= 0.6 is 0 Å². The number of nitrogens with one attached hydrogen (secondary N) is 1. The number of hydrogen-bond acceptors (Lipinski definition) is 2. The minimum absolute atomic E-state index is 0.152. The SMILES string of the molecule is Cc1cccc(CC(=O)NC(C)C(C)C(=O)O)c1. The van der Waals surface area contributed by atoms with Gasteiger partial charge in [0.15, 0.2) is 0 Å². The lowest BCUT2D eigenvalue weighted by Gasteiger charge is -2.17. The molecule has 4 nitrogen and oxygen atoms in total. The van der Waals surface area contributed by atoms with Gasteiger partial charge < -0.3 is 10.4 Å². The van der Waals surface area contributed by atoms with Gasteiger partial charge in [-0.3, -0.25) is 9.59 Å². The van der Waals surface area contributed by atoms with E-state index >= 15 is 0 Å². The predicted molar refractivity (Wildman–Crippen MR) is 69.3 cm³/mol. The van der Waals surface area contributed by atoms with Crippen LogP contribution in [0.1, 0.15) is 25.0 Å². The molecule has 0 aromatic heterocycles. The monoisotopic (exact) mass is 249 g/mol. The van der Waals surface area contributed by atoms with Crippen molar-refractivity contribution in [2.75, 3.05) is 0 Å². The van der Waals surface area contributed by atoms with Crippen molar-refractivity contribution in [1.29, 1.82) is 0 Å². The highest BCUT2D eigenvalue weighted by atomic mass is 16.4. The fraction of sp³-hybridized carbons (Fsp3) is 0.429. The van der Waals surface area contributed by atoms with E-state index in [-0.39, 0.29) is 18.4 Å². The van der Waals surface area contributed by atoms with Crippen molar-refractivity contribution < 1.29 is 14.7 Å². The second-order valence-corrected chi connectivity index (χ2v) is 4.65. The fourth-order valence-electron chi connectivity index (χ4n) is 1.65. The van der Waals surface area contributed by atoms with Crippen LogP contribution < -0.4 is 5.32 Å². The average Bonchev–Trinajstić information content (AvgIpc) is 2.27. The molecule has 0 aliphatic heterocycles. The maximum absolute atomic E-state index is 11.8. The summed E-state index contributed by atoms with van der Waals surface area (Å²) in [6.45, 7) is 5.25. The number of hydrogen-bond donors (Lipinski definition) is 2. The second-order valence-electron chi connectivity index (χ2n) is 4.65. The van der Waals surface area contributed by atoms with Gasteiger partial charge in [-0.05, 0) is 26.3 Å². The molecule has 2 atom stereocenters. The number of rotatable bonds is 5. The molecule has 18 heavy (non-hydrogen) atoms. The van der Waals surface area contributed by atoms with Gasteiger partial charge in [0.1, 0.15) is 0 Å². The van der Waals surface area contributed by atoms with Crippen LogP contribution in [-0.2, 0) is 16.0 Å². The third kappa shape index (κ3) is 4.20. The molecule has 2 unspecified atom stereocenters. The zero-order chi connectivity index (χ0) is 13.7. The number of aliphatic carboxylic acids is 1. The summed E-state index contributed by atoms with van der Waals surface area (Å²) in [5.41, 5.74) is 2.04. The highest BCUT2D eigenvalue weighted by molar-refractivity contribution is 5.80. The molecule has 1 rings (SSSR count). The van der Waals surface area contributed by atoms with Crippen molar-refractivity contribution in [3.8, 4) is 0 Å². The molecule has 0 bridgehead atoms. The number of carbonyl (C=O) groups excluding carboxylic acids is 1. The molecule has 4 heteroatoms. The van der Waals surface area contributed by atoms with Crippen LogP contribution in [0.15, 0.2) is 24.3 Å². The van der Waals surface area contributed by atoms with Crippen molar-refractivity contribution in [1.82, 2.24) is 5.32 Å². The third-order valence-electron chi connectivity index (χ3n) is 2.98. The largest absolute Gasteiger partial charge is 0.481 e. The molecule has 0 saturated heterocycles. The zero-order valence-electron chi connectivity index (χ0n) is 10.9. The van der Waals surface area contributed by atoms with Gasteiger partial charge in [0.05, 0.1) is 12.3 Å². The quantitative estimate of drug-likeness (QED) is 0.835. The Morgan fingerprint density at radius 1 is 1.33 bits per heavy atom. The van der Waals surface area contributed by atoms with Gasteiger partial charge in [0, 0.05) is 6.04 Å². The van der Waals surface area contributed by atoms with Gasteiger partial charge in [-0.2, -0.15) is 0 Å². The summed E-state index contributed by atoms with van der Waals surface area (Å²) in [5, 5.41) is 11.5. The topological polar surface area (TPSA) is 66.4 Å². The molecule has 0 aliphatic carbocycles. The highest BCUT2D eigenvalue weighted by Crippen LogP contribution is 2.06. The lowest BCUT2D eigenvalue weighted by atomic mass is 10.0. The van der Waals surface area contributed by atoms with E-state index in [0.717, 1.165) is 11.1 Å². The van der Waals surface area contributed by atoms with Gasteiger partial charge in [-0.15, -0.1) is 0 Å². The zero-order valence-corrected chi connectivity index (χ0v) is 10.9. The summed E-state index contributed by atoms with van der Waals surface area (Å²) in [4.78, 5) is 22.5. The Kier molecular flexibility index (Phi) is 4.89. The molecule has 2 N–H and O–H groups in total. The first-order chi connectivity index (χ1) is 8.40. The van der Waals surface area contributed by atoms with E-state index in [4.69, 9.17) is 5.11 Å². The molecule has 98 valence electrons. The average molecular weight is 249 g/mol. The molecule has 0 heterocycles. The van der Waals surface area contributed by atoms with Crippen LogP contribution in [0, 0.1) is 12.8 Å². The van der Waals surface area contributed by atoms with Crippen molar-refractivity contribution in [3.63, 3.8) is 0 Å². The Morgan fingerprint density at radius 2 is 2.00 bits per heavy atom.